The normalized spacial score (nSPS) is 10.2. The second kappa shape index (κ2) is 7.74. The minimum Gasteiger partial charge on any atom is -0.857 e. The van der Waals surface area contributed by atoms with Crippen LogP contribution in [0, 0.1) is 0 Å². The molecule has 0 radical (unpaired) electrons. The van der Waals surface area contributed by atoms with Crippen LogP contribution in [0.15, 0.2) is 29.6 Å². The maximum absolute atomic E-state index is 11.2. The van der Waals surface area contributed by atoms with E-state index in [1.165, 1.54) is 6.20 Å². The molecular weight excluding hydrogens is 245 g/mol. The molecule has 4 nitrogen and oxygen atoms in total. The van der Waals surface area contributed by atoms with Gasteiger partial charge in [0.05, 0.1) is 0 Å². The fourth-order valence-electron chi connectivity index (χ4n) is 0.652. The summed E-state index contributed by atoms with van der Waals surface area (Å²) >= 11 is 8.30. The Bertz CT molecular complexity index is 331. The number of rotatable bonds is 2. The van der Waals surface area contributed by atoms with E-state index in [9.17, 15) is 5.11 Å². The van der Waals surface area contributed by atoms with Crippen molar-refractivity contribution in [2.75, 3.05) is 0 Å². The summed E-state index contributed by atoms with van der Waals surface area (Å²) in [6.07, 6.45) is 3.00. The largest absolute Gasteiger partial charge is 1.00 e. The van der Waals surface area contributed by atoms with E-state index >= 15 is 0 Å². The predicted octanol–water partition coefficient (Wildman–Crippen LogP) is -3.09. The Balaban J connectivity index is 0.00000169. The molecule has 0 saturated heterocycles. The molecule has 1 N–H and O–H groups in total. The molecule has 0 unspecified atom stereocenters. The molecule has 14 heavy (non-hydrogen) atoms. The third-order valence-corrected chi connectivity index (χ3v) is 1.35. The average molecular weight is 251 g/mol. The van der Waals surface area contributed by atoms with E-state index in [-0.39, 0.29) is 55.7 Å². The summed E-state index contributed by atoms with van der Waals surface area (Å²) in [4.78, 5) is 3.77. The molecule has 0 fully saturated rings. The second-order valence-electron chi connectivity index (χ2n) is 2.08. The van der Waals surface area contributed by atoms with Gasteiger partial charge in [0.25, 0.3) is 0 Å². The smallest absolute Gasteiger partial charge is 0.857 e. The molecule has 68 valence electrons. The number of nitrogens with zero attached hydrogens (tertiary/aromatic N) is 2. The first-order chi connectivity index (χ1) is 6.20. The van der Waals surface area contributed by atoms with E-state index in [1.807, 2.05) is 0 Å². The Hall–Kier alpha value is 0.496. The summed E-state index contributed by atoms with van der Waals surface area (Å²) < 4.78 is 0.150. The summed E-state index contributed by atoms with van der Waals surface area (Å²) in [5.74, 6) is -0.426. The summed E-state index contributed by atoms with van der Waals surface area (Å²) in [7, 11) is 0. The van der Waals surface area contributed by atoms with Crippen molar-refractivity contribution in [2.45, 2.75) is 0 Å². The van der Waals surface area contributed by atoms with E-state index < -0.39 is 5.90 Å². The molecular formula is C7H6KN3OS2. The van der Waals surface area contributed by atoms with Crippen molar-refractivity contribution in [1.82, 2.24) is 10.4 Å². The van der Waals surface area contributed by atoms with Crippen LogP contribution < -0.4 is 61.9 Å². The van der Waals surface area contributed by atoms with Gasteiger partial charge < -0.3 is 5.11 Å². The maximum atomic E-state index is 11.2. The van der Waals surface area contributed by atoms with Crippen LogP contribution in [0.3, 0.4) is 0 Å². The quantitative estimate of drug-likeness (QED) is 0.146. The number of hydrazone groups is 1. The van der Waals surface area contributed by atoms with Crippen LogP contribution >= 0.6 is 24.8 Å². The van der Waals surface area contributed by atoms with Crippen molar-refractivity contribution in [2.24, 2.45) is 5.10 Å². The van der Waals surface area contributed by atoms with Gasteiger partial charge in [-0.1, -0.05) is 18.3 Å². The van der Waals surface area contributed by atoms with Crippen LogP contribution in [0.2, 0.25) is 0 Å². The molecule has 0 atom stereocenters. The van der Waals surface area contributed by atoms with Crippen LogP contribution in [0.1, 0.15) is 5.56 Å². The first-order valence-electron chi connectivity index (χ1n) is 3.34. The van der Waals surface area contributed by atoms with Crippen molar-refractivity contribution in [3.05, 3.63) is 30.1 Å². The van der Waals surface area contributed by atoms with Gasteiger partial charge >= 0.3 is 51.4 Å². The molecule has 0 bridgehead atoms. The standard InChI is InChI=1S/C7H7N3OS2.K/c11-6(9-10-7(12)13)5-2-1-3-8-4-5;/h1-4H,(H,9,11)(H2,10,12,13);/q;+1/p-1. The fourth-order valence-corrected chi connectivity index (χ4v) is 0.748. The molecule has 1 aromatic heterocycles. The van der Waals surface area contributed by atoms with Gasteiger partial charge in [-0.15, -0.1) is 12.6 Å². The summed E-state index contributed by atoms with van der Waals surface area (Å²) in [6.45, 7) is 0. The van der Waals surface area contributed by atoms with Crippen LogP contribution in [0.25, 0.3) is 0 Å². The number of aromatic nitrogens is 1. The van der Waals surface area contributed by atoms with Crippen LogP contribution in [0.5, 0.6) is 0 Å². The Morgan fingerprint density at radius 3 is 2.86 bits per heavy atom. The van der Waals surface area contributed by atoms with Crippen LogP contribution in [-0.2, 0) is 0 Å². The summed E-state index contributed by atoms with van der Waals surface area (Å²) in [5, 5.41) is 14.6. The van der Waals surface area contributed by atoms with Crippen molar-refractivity contribution in [3.63, 3.8) is 0 Å². The topological polar surface area (TPSA) is 60.3 Å². The Labute approximate surface area is 135 Å². The Kier molecular flexibility index (Phi) is 8.02. The van der Waals surface area contributed by atoms with E-state index in [0.29, 0.717) is 5.56 Å². The van der Waals surface area contributed by atoms with E-state index in [2.05, 4.69) is 40.4 Å². The summed E-state index contributed by atoms with van der Waals surface area (Å²) in [6, 6.07) is 3.27. The SMILES string of the molecule is [K+].[O-]C(=NNC(=S)S)c1cccnc1. The van der Waals surface area contributed by atoms with Gasteiger partial charge in [-0.25, -0.2) is 0 Å². The van der Waals surface area contributed by atoms with Crippen molar-refractivity contribution in [3.8, 4) is 0 Å². The molecule has 0 spiro atoms. The average Bonchev–Trinajstić information content (AvgIpc) is 2.15. The monoisotopic (exact) mass is 251 g/mol. The van der Waals surface area contributed by atoms with E-state index in [1.54, 1.807) is 18.3 Å². The zero-order valence-corrected chi connectivity index (χ0v) is 12.3. The van der Waals surface area contributed by atoms with Gasteiger partial charge in [0.1, 0.15) is 0 Å². The van der Waals surface area contributed by atoms with Crippen LogP contribution in [-0.4, -0.2) is 15.2 Å². The molecule has 7 heteroatoms. The first-order valence-corrected chi connectivity index (χ1v) is 4.19. The molecule has 0 aliphatic carbocycles. The number of hydrogen-bond donors (Lipinski definition) is 2. The van der Waals surface area contributed by atoms with Gasteiger partial charge in [0.2, 0.25) is 0 Å². The van der Waals surface area contributed by atoms with Gasteiger partial charge in [0.15, 0.2) is 4.32 Å². The number of pyridine rings is 1. The van der Waals surface area contributed by atoms with E-state index in [4.69, 9.17) is 0 Å². The molecule has 1 rings (SSSR count). The molecule has 0 aliphatic heterocycles. The number of thiol groups is 1. The molecule has 0 saturated carbocycles. The molecule has 1 aromatic rings. The van der Waals surface area contributed by atoms with Crippen molar-refractivity contribution in [1.29, 1.82) is 0 Å². The molecule has 0 aromatic carbocycles. The molecule has 0 aliphatic rings. The molecule has 1 heterocycles. The minimum absolute atomic E-state index is 0. The van der Waals surface area contributed by atoms with Gasteiger partial charge in [-0.2, -0.15) is 5.10 Å². The zero-order chi connectivity index (χ0) is 9.68. The third kappa shape index (κ3) is 5.40. The number of nitrogens with one attached hydrogen (secondary N) is 1. The number of hydrogen-bond acceptors (Lipinski definition) is 4. The second-order valence-corrected chi connectivity index (χ2v) is 3.23. The van der Waals surface area contributed by atoms with E-state index in [0.717, 1.165) is 0 Å². The Morgan fingerprint density at radius 2 is 2.36 bits per heavy atom. The van der Waals surface area contributed by atoms with Gasteiger partial charge in [-0.05, 0) is 6.07 Å². The third-order valence-electron chi connectivity index (χ3n) is 1.16. The predicted molar refractivity (Wildman–Crippen MR) is 55.5 cm³/mol. The van der Waals surface area contributed by atoms with Crippen molar-refractivity contribution >= 4 is 35.1 Å². The first kappa shape index (κ1) is 14.5. The zero-order valence-electron chi connectivity index (χ0n) is 7.47. The number of thiocarbonyl (C=S) groups is 1. The van der Waals surface area contributed by atoms with Crippen LogP contribution in [0.4, 0.5) is 0 Å². The Morgan fingerprint density at radius 1 is 1.64 bits per heavy atom. The van der Waals surface area contributed by atoms with Crippen molar-refractivity contribution < 1.29 is 56.5 Å². The minimum atomic E-state index is -0.426. The molecule has 0 amide bonds. The van der Waals surface area contributed by atoms with Gasteiger partial charge in [-0.3, -0.25) is 10.4 Å². The fraction of sp³-hybridized carbons (Fsp3) is 0. The maximum Gasteiger partial charge on any atom is 1.00 e. The summed E-state index contributed by atoms with van der Waals surface area (Å²) in [5.41, 5.74) is 2.69. The van der Waals surface area contributed by atoms with Gasteiger partial charge in [0, 0.05) is 23.9 Å².